The Bertz CT molecular complexity index is 404. The number of benzene rings is 1. The highest BCUT2D eigenvalue weighted by atomic mass is 16.8. The fourth-order valence-corrected chi connectivity index (χ4v) is 1.76. The molecule has 0 saturated heterocycles. The number of fused-ring (bicyclic) bond motifs is 1. The zero-order valence-electron chi connectivity index (χ0n) is 8.69. The van der Waals surface area contributed by atoms with Gasteiger partial charge in [0.2, 0.25) is 0 Å². The van der Waals surface area contributed by atoms with Crippen LogP contribution in [0, 0.1) is 0 Å². The van der Waals surface area contributed by atoms with Crippen molar-refractivity contribution in [1.82, 2.24) is 0 Å². The van der Waals surface area contributed by atoms with E-state index < -0.39 is 6.75 Å². The fourth-order valence-electron chi connectivity index (χ4n) is 1.76. The van der Waals surface area contributed by atoms with Gasteiger partial charge in [0.15, 0.2) is 0 Å². The Morgan fingerprint density at radius 3 is 2.60 bits per heavy atom. The molecular weight excluding hydrogens is 195 g/mol. The van der Waals surface area contributed by atoms with Gasteiger partial charge >= 0.3 is 12.8 Å². The zero-order chi connectivity index (χ0) is 10.9. The molecule has 80 valence electrons. The van der Waals surface area contributed by atoms with Crippen LogP contribution in [0.5, 0.6) is 0 Å². The van der Waals surface area contributed by atoms with Gasteiger partial charge in [0.1, 0.15) is 5.69 Å². The number of hydrogen-bond acceptors (Lipinski definition) is 4. The number of nitrogens with two attached hydrogens (primary N) is 1. The fraction of sp³-hybridized carbons (Fsp3) is 0.222. The summed E-state index contributed by atoms with van der Waals surface area (Å²) in [5.41, 5.74) is 7.27. The first-order valence-electron chi connectivity index (χ1n) is 4.63. The summed E-state index contributed by atoms with van der Waals surface area (Å²) in [5, 5.41) is 0. The van der Waals surface area contributed by atoms with Gasteiger partial charge in [0.25, 0.3) is 0 Å². The Kier molecular flexibility index (Phi) is 2.38. The molecule has 0 atom stereocenters. The average molecular weight is 208 g/mol. The minimum atomic E-state index is -1.97. The minimum Gasteiger partial charge on any atom is -0.604 e. The van der Waals surface area contributed by atoms with Crippen LogP contribution < -0.4 is 16.2 Å². The van der Waals surface area contributed by atoms with Crippen LogP contribution in [-0.4, -0.2) is 27.0 Å². The first-order valence-corrected chi connectivity index (χ1v) is 4.63. The molecule has 2 rings (SSSR count). The van der Waals surface area contributed by atoms with E-state index in [4.69, 9.17) is 19.7 Å². The molecule has 0 aliphatic carbocycles. The Hall–Kier alpha value is -1.53. The van der Waals surface area contributed by atoms with E-state index in [9.17, 15) is 0 Å². The molecule has 1 aliphatic rings. The Morgan fingerprint density at radius 1 is 1.27 bits per heavy atom. The Morgan fingerprint density at radius 2 is 1.93 bits per heavy atom. The first kappa shape index (κ1) is 10.0. The number of para-hydroxylation sites is 1. The predicted molar refractivity (Wildman–Crippen MR) is 56.8 cm³/mol. The van der Waals surface area contributed by atoms with E-state index in [1.54, 1.807) is 0 Å². The van der Waals surface area contributed by atoms with E-state index in [0.29, 0.717) is 0 Å². The molecule has 0 saturated carbocycles. The van der Waals surface area contributed by atoms with Crippen LogP contribution in [0.2, 0.25) is 0 Å². The third kappa shape index (κ3) is 1.47. The lowest BCUT2D eigenvalue weighted by Crippen LogP contribution is -2.80. The second kappa shape index (κ2) is 3.56. The summed E-state index contributed by atoms with van der Waals surface area (Å²) in [6, 6.07) is 7.73. The van der Waals surface area contributed by atoms with E-state index >= 15 is 0 Å². The highest BCUT2D eigenvalue weighted by Gasteiger charge is 2.39. The van der Waals surface area contributed by atoms with E-state index in [-0.39, 0.29) is 6.02 Å². The van der Waals surface area contributed by atoms with Crippen molar-refractivity contribution in [1.29, 1.82) is 0 Å². The second-order valence-electron chi connectivity index (χ2n) is 3.31. The van der Waals surface area contributed by atoms with Gasteiger partial charge in [0.05, 0.1) is 0 Å². The molecule has 1 aromatic rings. The van der Waals surface area contributed by atoms with Gasteiger partial charge < -0.3 is 14.0 Å². The molecule has 3 N–H and O–H groups in total. The van der Waals surface area contributed by atoms with Crippen LogP contribution in [0.4, 0.5) is 5.69 Å². The smallest absolute Gasteiger partial charge is 0.474 e. The molecule has 0 bridgehead atoms. The van der Waals surface area contributed by atoms with Crippen LogP contribution in [0.25, 0.3) is 0 Å². The summed E-state index contributed by atoms with van der Waals surface area (Å²) < 4.78 is 16.0. The third-order valence-electron chi connectivity index (χ3n) is 2.50. The van der Waals surface area contributed by atoms with Crippen LogP contribution in [-0.2, 0) is 14.0 Å². The second-order valence-corrected chi connectivity index (χ2v) is 3.31. The van der Waals surface area contributed by atoms with Crippen molar-refractivity contribution in [3.8, 4) is 0 Å². The number of amidine groups is 1. The van der Waals surface area contributed by atoms with E-state index in [0.717, 1.165) is 11.2 Å². The molecule has 5 nitrogen and oxygen atoms in total. The first-order chi connectivity index (χ1) is 7.22. The highest BCUT2D eigenvalue weighted by molar-refractivity contribution is 6.78. The molecule has 0 radical (unpaired) electrons. The highest BCUT2D eigenvalue weighted by Crippen LogP contribution is 2.13. The lowest BCUT2D eigenvalue weighted by molar-refractivity contribution is -0.368. The maximum atomic E-state index is 5.62. The number of rotatable bonds is 2. The van der Waals surface area contributed by atoms with Gasteiger partial charge in [-0.1, -0.05) is 23.7 Å². The SMILES string of the molecule is CO[B-]1(OC)OC(N)=[NH+]c2ccccc21. The quantitative estimate of drug-likeness (QED) is 0.561. The lowest BCUT2D eigenvalue weighted by Gasteiger charge is -2.39. The molecule has 1 heterocycles. The largest absolute Gasteiger partial charge is 0.604 e. The molecule has 0 fully saturated rings. The van der Waals surface area contributed by atoms with Crippen molar-refractivity contribution in [3.05, 3.63) is 24.3 Å². The van der Waals surface area contributed by atoms with Crippen LogP contribution in [0.1, 0.15) is 0 Å². The molecule has 0 aromatic heterocycles. The monoisotopic (exact) mass is 208 g/mol. The standard InChI is InChI=1S/C9H12BN2O3/c1-13-10(14-2)7-5-3-4-6-8(7)12-9(11)15-10/h3-6H,1-2H3,(H2,11,12)/q-1/p+1. The molecule has 0 unspecified atom stereocenters. The summed E-state index contributed by atoms with van der Waals surface area (Å²) in [6.07, 6.45) is 0. The van der Waals surface area contributed by atoms with Gasteiger partial charge in [-0.15, -0.1) is 0 Å². The summed E-state index contributed by atoms with van der Waals surface area (Å²) in [5.74, 6) is 0. The molecule has 0 spiro atoms. The topological polar surface area (TPSA) is 67.7 Å². The normalized spacial score (nSPS) is 17.6. The van der Waals surface area contributed by atoms with Gasteiger partial charge in [0, 0.05) is 0 Å². The van der Waals surface area contributed by atoms with Crippen LogP contribution in [0.15, 0.2) is 24.3 Å². The van der Waals surface area contributed by atoms with Crippen molar-refractivity contribution >= 4 is 23.9 Å². The molecule has 6 heteroatoms. The van der Waals surface area contributed by atoms with Crippen molar-refractivity contribution in [2.24, 2.45) is 5.73 Å². The predicted octanol–water partition coefficient (Wildman–Crippen LogP) is -1.82. The summed E-state index contributed by atoms with van der Waals surface area (Å²) in [4.78, 5) is 2.91. The van der Waals surface area contributed by atoms with Crippen molar-refractivity contribution < 1.29 is 19.0 Å². The molecule has 15 heavy (non-hydrogen) atoms. The molecule has 1 aromatic carbocycles. The van der Waals surface area contributed by atoms with Gasteiger partial charge in [-0.3, -0.25) is 5.73 Å². The van der Waals surface area contributed by atoms with Crippen molar-refractivity contribution in [3.63, 3.8) is 0 Å². The van der Waals surface area contributed by atoms with Crippen molar-refractivity contribution in [2.75, 3.05) is 14.2 Å². The number of nitrogens with one attached hydrogen (secondary N) is 1. The third-order valence-corrected chi connectivity index (χ3v) is 2.50. The van der Waals surface area contributed by atoms with Crippen LogP contribution >= 0.6 is 0 Å². The lowest BCUT2D eigenvalue weighted by atomic mass is 9.67. The van der Waals surface area contributed by atoms with Crippen molar-refractivity contribution in [2.45, 2.75) is 0 Å². The van der Waals surface area contributed by atoms with E-state index in [1.165, 1.54) is 14.2 Å². The Balaban J connectivity index is 2.59. The summed E-state index contributed by atoms with van der Waals surface area (Å²) in [7, 11) is 3.05. The molecule has 1 aliphatic heterocycles. The van der Waals surface area contributed by atoms with Gasteiger partial charge in [-0.25, -0.2) is 4.99 Å². The minimum absolute atomic E-state index is 0.178. The van der Waals surface area contributed by atoms with Crippen LogP contribution in [0.3, 0.4) is 0 Å². The molecular formula is C9H13BN2O3. The zero-order valence-corrected chi connectivity index (χ0v) is 8.69. The van der Waals surface area contributed by atoms with Gasteiger partial charge in [-0.05, 0) is 20.3 Å². The summed E-state index contributed by atoms with van der Waals surface area (Å²) in [6.45, 7) is -1.97. The van der Waals surface area contributed by atoms with Gasteiger partial charge in [-0.2, -0.15) is 0 Å². The van der Waals surface area contributed by atoms with E-state index in [1.807, 2.05) is 24.3 Å². The maximum absolute atomic E-state index is 5.62. The average Bonchev–Trinajstić information content (AvgIpc) is 2.27. The number of hydrogen-bond donors (Lipinski definition) is 2. The summed E-state index contributed by atoms with van der Waals surface area (Å²) >= 11 is 0. The maximum Gasteiger partial charge on any atom is 0.474 e. The Labute approximate surface area is 87.9 Å². The van der Waals surface area contributed by atoms with E-state index in [2.05, 4.69) is 4.99 Å². The molecule has 0 amide bonds.